The number of benzene rings is 1. The lowest BCUT2D eigenvalue weighted by Gasteiger charge is -2.45. The zero-order valence-electron chi connectivity index (χ0n) is 12.1. The molecule has 0 spiro atoms. The largest absolute Gasteiger partial charge is 0.497 e. The Balaban J connectivity index is 2.13. The first kappa shape index (κ1) is 13.9. The highest BCUT2D eigenvalue weighted by Gasteiger charge is 2.47. The number of rotatable bonds is 2. The molecule has 0 saturated carbocycles. The van der Waals surface area contributed by atoms with Gasteiger partial charge in [-0.1, -0.05) is 24.6 Å². The second-order valence-corrected chi connectivity index (χ2v) is 7.41. The van der Waals surface area contributed by atoms with Crippen molar-refractivity contribution in [3.8, 4) is 5.75 Å². The molecule has 1 heterocycles. The van der Waals surface area contributed by atoms with Crippen LogP contribution in [-0.4, -0.2) is 24.2 Å². The van der Waals surface area contributed by atoms with Gasteiger partial charge in [-0.3, -0.25) is 0 Å². The Morgan fingerprint density at radius 3 is 3.00 bits per heavy atom. The lowest BCUT2D eigenvalue weighted by atomic mass is 9.65. The Morgan fingerprint density at radius 2 is 2.25 bits per heavy atom. The minimum atomic E-state index is -0.137. The van der Waals surface area contributed by atoms with Crippen LogP contribution in [0, 0.1) is 4.91 Å². The van der Waals surface area contributed by atoms with E-state index in [1.165, 1.54) is 24.0 Å². The topological polar surface area (TPSA) is 38.7 Å². The van der Waals surface area contributed by atoms with Crippen LogP contribution in [-0.2, 0) is 11.8 Å². The van der Waals surface area contributed by atoms with Gasteiger partial charge in [0.1, 0.15) is 11.8 Å². The summed E-state index contributed by atoms with van der Waals surface area (Å²) in [5.41, 5.74) is 2.51. The molecule has 2 bridgehead atoms. The summed E-state index contributed by atoms with van der Waals surface area (Å²) in [6, 6.07) is 6.20. The molecule has 1 fully saturated rings. The molecule has 1 saturated heterocycles. The Labute approximate surface area is 124 Å². The van der Waals surface area contributed by atoms with Crippen LogP contribution in [0.15, 0.2) is 23.4 Å². The number of nitrogens with zero attached hydrogens (tertiary/aromatic N) is 1. The first-order valence-corrected chi connectivity index (χ1v) is 8.35. The molecule has 3 atom stereocenters. The van der Waals surface area contributed by atoms with E-state index in [0.717, 1.165) is 24.3 Å². The first-order valence-electron chi connectivity index (χ1n) is 7.30. The van der Waals surface area contributed by atoms with Crippen molar-refractivity contribution in [2.75, 3.05) is 12.9 Å². The second kappa shape index (κ2) is 5.40. The number of hydrogen-bond acceptors (Lipinski definition) is 4. The molecule has 0 amide bonds. The van der Waals surface area contributed by atoms with E-state index in [4.69, 9.17) is 4.74 Å². The van der Waals surface area contributed by atoms with Crippen LogP contribution in [0.4, 0.5) is 0 Å². The molecule has 4 heteroatoms. The van der Waals surface area contributed by atoms with Crippen molar-refractivity contribution in [1.82, 2.24) is 0 Å². The molecule has 0 aromatic heterocycles. The lowest BCUT2D eigenvalue weighted by molar-refractivity contribution is 0.305. The van der Waals surface area contributed by atoms with Gasteiger partial charge in [0.2, 0.25) is 0 Å². The third kappa shape index (κ3) is 2.14. The van der Waals surface area contributed by atoms with Crippen molar-refractivity contribution in [3.63, 3.8) is 0 Å². The van der Waals surface area contributed by atoms with Crippen molar-refractivity contribution in [1.29, 1.82) is 0 Å². The number of fused-ring (bicyclic) bond motifs is 4. The summed E-state index contributed by atoms with van der Waals surface area (Å²) in [6.45, 7) is 2.22. The van der Waals surface area contributed by atoms with Crippen molar-refractivity contribution in [2.24, 2.45) is 5.18 Å². The molecule has 3 rings (SSSR count). The van der Waals surface area contributed by atoms with E-state index in [-0.39, 0.29) is 11.5 Å². The maximum atomic E-state index is 11.5. The van der Waals surface area contributed by atoms with Gasteiger partial charge in [-0.05, 0) is 48.3 Å². The summed E-state index contributed by atoms with van der Waals surface area (Å²) in [7, 11) is 1.69. The van der Waals surface area contributed by atoms with Crippen molar-refractivity contribution >= 4 is 11.8 Å². The summed E-state index contributed by atoms with van der Waals surface area (Å²) >= 11 is 1.93. The van der Waals surface area contributed by atoms with E-state index in [2.05, 4.69) is 24.2 Å². The van der Waals surface area contributed by atoms with E-state index >= 15 is 0 Å². The molecular weight excluding hydrogens is 270 g/mol. The van der Waals surface area contributed by atoms with Crippen LogP contribution in [0.5, 0.6) is 5.75 Å². The molecule has 0 radical (unpaired) electrons. The minimum Gasteiger partial charge on any atom is -0.497 e. The Kier molecular flexibility index (Phi) is 3.76. The quantitative estimate of drug-likeness (QED) is 0.775. The highest BCUT2D eigenvalue weighted by Crippen LogP contribution is 2.48. The van der Waals surface area contributed by atoms with Gasteiger partial charge < -0.3 is 4.74 Å². The van der Waals surface area contributed by atoms with E-state index in [1.807, 2.05) is 17.8 Å². The molecule has 1 aliphatic heterocycles. The third-order valence-electron chi connectivity index (χ3n) is 4.89. The second-order valence-electron chi connectivity index (χ2n) is 6.06. The van der Waals surface area contributed by atoms with E-state index in [9.17, 15) is 4.91 Å². The molecule has 1 unspecified atom stereocenters. The van der Waals surface area contributed by atoms with Gasteiger partial charge in [-0.15, -0.1) is 0 Å². The van der Waals surface area contributed by atoms with E-state index < -0.39 is 0 Å². The molecule has 2 aliphatic rings. The summed E-state index contributed by atoms with van der Waals surface area (Å²) in [4.78, 5) is 11.5. The monoisotopic (exact) mass is 291 g/mol. The van der Waals surface area contributed by atoms with Crippen LogP contribution in [0.3, 0.4) is 0 Å². The zero-order valence-corrected chi connectivity index (χ0v) is 12.9. The predicted molar refractivity (Wildman–Crippen MR) is 83.7 cm³/mol. The molecule has 20 heavy (non-hydrogen) atoms. The molecule has 1 aliphatic carbocycles. The SMILES string of the molecule is COc1ccc2c(c1)[C@@]1(C)CCCCS[C@H](C2)C1N=O. The number of thioether (sulfide) groups is 1. The highest BCUT2D eigenvalue weighted by molar-refractivity contribution is 7.99. The molecule has 108 valence electrons. The number of nitroso groups, excluding NO2 is 1. The smallest absolute Gasteiger partial charge is 0.119 e. The lowest BCUT2D eigenvalue weighted by Crippen LogP contribution is -2.48. The summed E-state index contributed by atoms with van der Waals surface area (Å²) in [5.74, 6) is 2.03. The van der Waals surface area contributed by atoms with Crippen LogP contribution in [0.25, 0.3) is 0 Å². The summed E-state index contributed by atoms with van der Waals surface area (Å²) in [6.07, 6.45) is 4.40. The van der Waals surface area contributed by atoms with Gasteiger partial charge in [0.05, 0.1) is 7.11 Å². The van der Waals surface area contributed by atoms with Gasteiger partial charge in [0.25, 0.3) is 0 Å². The average molecular weight is 291 g/mol. The van der Waals surface area contributed by atoms with Crippen LogP contribution in [0.2, 0.25) is 0 Å². The van der Waals surface area contributed by atoms with Gasteiger partial charge in [-0.2, -0.15) is 16.7 Å². The van der Waals surface area contributed by atoms with Gasteiger partial charge in [0.15, 0.2) is 0 Å². The first-order chi connectivity index (χ1) is 9.69. The normalized spacial score (nSPS) is 32.7. The van der Waals surface area contributed by atoms with Crippen molar-refractivity contribution < 1.29 is 4.74 Å². The fourth-order valence-corrected chi connectivity index (χ4v) is 5.24. The Morgan fingerprint density at radius 1 is 1.40 bits per heavy atom. The van der Waals surface area contributed by atoms with Crippen molar-refractivity contribution in [3.05, 3.63) is 34.2 Å². The molecule has 1 aromatic rings. The van der Waals surface area contributed by atoms with Crippen LogP contribution in [0.1, 0.15) is 37.3 Å². The Hall–Kier alpha value is -1.03. The fraction of sp³-hybridized carbons (Fsp3) is 0.625. The predicted octanol–water partition coefficient (Wildman–Crippen LogP) is 3.93. The summed E-state index contributed by atoms with van der Waals surface area (Å²) < 4.78 is 5.37. The van der Waals surface area contributed by atoms with Gasteiger partial charge in [-0.25, -0.2) is 0 Å². The zero-order chi connectivity index (χ0) is 14.2. The van der Waals surface area contributed by atoms with E-state index in [1.54, 1.807) is 7.11 Å². The molecule has 1 aromatic carbocycles. The third-order valence-corrected chi connectivity index (χ3v) is 6.27. The number of hydrogen-bond donors (Lipinski definition) is 0. The van der Waals surface area contributed by atoms with Crippen molar-refractivity contribution in [2.45, 2.75) is 49.3 Å². The number of methoxy groups -OCH3 is 1. The number of ether oxygens (including phenoxy) is 1. The molecular formula is C16H21NO2S. The highest BCUT2D eigenvalue weighted by atomic mass is 32.2. The molecule has 0 N–H and O–H groups in total. The van der Waals surface area contributed by atoms with E-state index in [0.29, 0.717) is 5.25 Å². The average Bonchev–Trinajstić information content (AvgIpc) is 2.45. The maximum Gasteiger partial charge on any atom is 0.119 e. The van der Waals surface area contributed by atoms with Crippen LogP contribution >= 0.6 is 11.8 Å². The van der Waals surface area contributed by atoms with Gasteiger partial charge >= 0.3 is 0 Å². The summed E-state index contributed by atoms with van der Waals surface area (Å²) in [5, 5.41) is 3.88. The van der Waals surface area contributed by atoms with Crippen LogP contribution < -0.4 is 4.74 Å². The standard InChI is InChI=1S/C16H21NO2S/c1-16-7-3-4-8-20-14(15(16)17-18)9-11-5-6-12(19-2)10-13(11)16/h5-6,10,14-15H,3-4,7-9H2,1-2H3/t14-,15?,16-/m1/s1. The maximum absolute atomic E-state index is 11.5. The Bertz CT molecular complexity index is 519. The minimum absolute atomic E-state index is 0.118. The molecule has 3 nitrogen and oxygen atoms in total. The van der Waals surface area contributed by atoms with Gasteiger partial charge in [0, 0.05) is 10.7 Å². The fourth-order valence-electron chi connectivity index (χ4n) is 3.74.